The number of hydrogen-bond donors (Lipinski definition) is 2. The molecule has 20 heavy (non-hydrogen) atoms. The normalized spacial score (nSPS) is 12.2. The lowest BCUT2D eigenvalue weighted by molar-refractivity contribution is 0.520. The monoisotopic (exact) mass is 343 g/mol. The van der Waals surface area contributed by atoms with Crippen molar-refractivity contribution >= 4 is 32.5 Å². The third-order valence-electron chi connectivity index (χ3n) is 2.33. The van der Waals surface area contributed by atoms with Crippen LogP contribution in [0.25, 0.3) is 0 Å². The molecular formula is C10H18ClN3O4S2. The van der Waals surface area contributed by atoms with Crippen LogP contribution < -0.4 is 10.5 Å². The second kappa shape index (κ2) is 7.34. The molecule has 0 amide bonds. The van der Waals surface area contributed by atoms with Crippen LogP contribution in [0.2, 0.25) is 0 Å². The highest BCUT2D eigenvalue weighted by Gasteiger charge is 2.20. The minimum absolute atomic E-state index is 0. The van der Waals surface area contributed by atoms with Crippen LogP contribution in [0.1, 0.15) is 0 Å². The SMILES string of the molecule is CN(C)S(=O)(=O)c1cccc(S(=O)(=O)NCCN)c1.Cl. The molecule has 0 fully saturated rings. The van der Waals surface area contributed by atoms with Gasteiger partial charge in [0.2, 0.25) is 20.0 Å². The lowest BCUT2D eigenvalue weighted by Gasteiger charge is -2.12. The topological polar surface area (TPSA) is 110 Å². The molecule has 0 bridgehead atoms. The van der Waals surface area contributed by atoms with Crippen LogP contribution >= 0.6 is 12.4 Å². The van der Waals surface area contributed by atoms with Crippen molar-refractivity contribution in [3.63, 3.8) is 0 Å². The van der Waals surface area contributed by atoms with Crippen LogP contribution in [0.3, 0.4) is 0 Å². The predicted molar refractivity (Wildman–Crippen MR) is 78.8 cm³/mol. The smallest absolute Gasteiger partial charge is 0.242 e. The van der Waals surface area contributed by atoms with E-state index >= 15 is 0 Å². The molecule has 1 rings (SSSR count). The van der Waals surface area contributed by atoms with Gasteiger partial charge in [-0.05, 0) is 18.2 Å². The van der Waals surface area contributed by atoms with Gasteiger partial charge in [0.1, 0.15) is 0 Å². The summed E-state index contributed by atoms with van der Waals surface area (Å²) in [7, 11) is -4.65. The standard InChI is InChI=1S/C10H17N3O4S2.ClH/c1-13(2)19(16,17)10-5-3-4-9(8-10)18(14,15)12-7-6-11;/h3-5,8,12H,6-7,11H2,1-2H3;1H. The van der Waals surface area contributed by atoms with Crippen LogP contribution in [0, 0.1) is 0 Å². The maximum atomic E-state index is 11.9. The van der Waals surface area contributed by atoms with Crippen molar-refractivity contribution in [2.24, 2.45) is 5.73 Å². The zero-order valence-electron chi connectivity index (χ0n) is 11.1. The van der Waals surface area contributed by atoms with Gasteiger partial charge in [0.15, 0.2) is 0 Å². The summed E-state index contributed by atoms with van der Waals surface area (Å²) in [6.45, 7) is 0.252. The first-order valence-electron chi connectivity index (χ1n) is 5.44. The number of nitrogens with zero attached hydrogens (tertiary/aromatic N) is 1. The average molecular weight is 344 g/mol. The van der Waals surface area contributed by atoms with Crippen molar-refractivity contribution in [3.8, 4) is 0 Å². The summed E-state index contributed by atoms with van der Waals surface area (Å²) < 4.78 is 50.9. The van der Waals surface area contributed by atoms with Crippen molar-refractivity contribution < 1.29 is 16.8 Å². The van der Waals surface area contributed by atoms with E-state index in [-0.39, 0.29) is 35.3 Å². The van der Waals surface area contributed by atoms with Crippen molar-refractivity contribution in [3.05, 3.63) is 24.3 Å². The van der Waals surface area contributed by atoms with Crippen molar-refractivity contribution in [1.29, 1.82) is 0 Å². The molecule has 116 valence electrons. The zero-order valence-corrected chi connectivity index (χ0v) is 13.6. The molecule has 3 N–H and O–H groups in total. The molecule has 0 saturated carbocycles. The molecule has 0 aliphatic carbocycles. The van der Waals surface area contributed by atoms with Gasteiger partial charge in [-0.15, -0.1) is 12.4 Å². The minimum Gasteiger partial charge on any atom is -0.329 e. The van der Waals surface area contributed by atoms with E-state index in [4.69, 9.17) is 5.73 Å². The second-order valence-corrected chi connectivity index (χ2v) is 7.87. The van der Waals surface area contributed by atoms with E-state index in [1.807, 2.05) is 0 Å². The van der Waals surface area contributed by atoms with E-state index in [1.165, 1.54) is 32.3 Å². The molecule has 0 radical (unpaired) electrons. The van der Waals surface area contributed by atoms with E-state index in [0.717, 1.165) is 10.4 Å². The summed E-state index contributed by atoms with van der Waals surface area (Å²) in [4.78, 5) is -0.183. The summed E-state index contributed by atoms with van der Waals surface area (Å²) in [6, 6.07) is 5.17. The van der Waals surface area contributed by atoms with Crippen LogP contribution in [0.15, 0.2) is 34.1 Å². The maximum Gasteiger partial charge on any atom is 0.242 e. The Morgan fingerprint density at radius 2 is 1.70 bits per heavy atom. The Bertz CT molecular complexity index is 644. The Morgan fingerprint density at radius 1 is 1.15 bits per heavy atom. The van der Waals surface area contributed by atoms with Crippen LogP contribution in [-0.4, -0.2) is 48.3 Å². The quantitative estimate of drug-likeness (QED) is 0.730. The van der Waals surface area contributed by atoms with Gasteiger partial charge >= 0.3 is 0 Å². The highest BCUT2D eigenvalue weighted by Crippen LogP contribution is 2.17. The van der Waals surface area contributed by atoms with Gasteiger partial charge in [-0.25, -0.2) is 25.9 Å². The maximum absolute atomic E-state index is 11.9. The van der Waals surface area contributed by atoms with Gasteiger partial charge in [-0.1, -0.05) is 6.07 Å². The number of benzene rings is 1. The number of halogens is 1. The molecule has 0 saturated heterocycles. The Morgan fingerprint density at radius 3 is 2.20 bits per heavy atom. The van der Waals surface area contributed by atoms with Crippen molar-refractivity contribution in [2.45, 2.75) is 9.79 Å². The molecule has 0 aliphatic heterocycles. The number of nitrogens with one attached hydrogen (secondary N) is 1. The van der Waals surface area contributed by atoms with E-state index in [9.17, 15) is 16.8 Å². The number of hydrogen-bond acceptors (Lipinski definition) is 5. The molecule has 0 heterocycles. The first-order valence-corrected chi connectivity index (χ1v) is 8.36. The van der Waals surface area contributed by atoms with Gasteiger partial charge < -0.3 is 5.73 Å². The first kappa shape index (κ1) is 19.3. The Hall–Kier alpha value is -0.710. The molecule has 0 aliphatic rings. The molecule has 1 aromatic rings. The Balaban J connectivity index is 0.00000361. The van der Waals surface area contributed by atoms with E-state index in [2.05, 4.69) is 4.72 Å². The molecule has 0 unspecified atom stereocenters. The average Bonchev–Trinajstić information content (AvgIpc) is 2.36. The van der Waals surface area contributed by atoms with Gasteiger partial charge in [-0.2, -0.15) is 0 Å². The van der Waals surface area contributed by atoms with E-state index in [1.54, 1.807) is 0 Å². The third kappa shape index (κ3) is 4.40. The van der Waals surface area contributed by atoms with Gasteiger partial charge in [0, 0.05) is 27.2 Å². The third-order valence-corrected chi connectivity index (χ3v) is 5.60. The van der Waals surface area contributed by atoms with Crippen LogP contribution in [0.5, 0.6) is 0 Å². The zero-order chi connectivity index (χ0) is 14.7. The fraction of sp³-hybridized carbons (Fsp3) is 0.400. The molecule has 0 spiro atoms. The Kier molecular flexibility index (Phi) is 7.08. The molecule has 0 atom stereocenters. The highest BCUT2D eigenvalue weighted by molar-refractivity contribution is 7.90. The Labute approximate surface area is 125 Å². The van der Waals surface area contributed by atoms with Crippen molar-refractivity contribution in [2.75, 3.05) is 27.2 Å². The van der Waals surface area contributed by atoms with Gasteiger partial charge in [-0.3, -0.25) is 0 Å². The minimum atomic E-state index is -3.74. The van der Waals surface area contributed by atoms with E-state index in [0.29, 0.717) is 0 Å². The summed E-state index contributed by atoms with van der Waals surface area (Å²) in [5.41, 5.74) is 5.22. The van der Waals surface area contributed by atoms with Crippen LogP contribution in [-0.2, 0) is 20.0 Å². The summed E-state index contributed by atoms with van der Waals surface area (Å²) in [6.07, 6.45) is 0. The van der Waals surface area contributed by atoms with Gasteiger partial charge in [0.05, 0.1) is 9.79 Å². The van der Waals surface area contributed by atoms with Gasteiger partial charge in [0.25, 0.3) is 0 Å². The summed E-state index contributed by atoms with van der Waals surface area (Å²) in [5, 5.41) is 0. The summed E-state index contributed by atoms with van der Waals surface area (Å²) in [5.74, 6) is 0. The van der Waals surface area contributed by atoms with E-state index < -0.39 is 20.0 Å². The lowest BCUT2D eigenvalue weighted by Crippen LogP contribution is -2.29. The molecule has 0 aromatic heterocycles. The largest absolute Gasteiger partial charge is 0.329 e. The highest BCUT2D eigenvalue weighted by atomic mass is 35.5. The van der Waals surface area contributed by atoms with Crippen LogP contribution in [0.4, 0.5) is 0 Å². The first-order chi connectivity index (χ1) is 8.71. The fourth-order valence-electron chi connectivity index (χ4n) is 1.29. The van der Waals surface area contributed by atoms with Crippen molar-refractivity contribution in [1.82, 2.24) is 9.03 Å². The number of sulfonamides is 2. The summed E-state index contributed by atoms with van der Waals surface area (Å²) >= 11 is 0. The number of rotatable bonds is 6. The molecule has 10 heteroatoms. The number of nitrogens with two attached hydrogens (primary N) is 1. The second-order valence-electron chi connectivity index (χ2n) is 3.95. The fourth-order valence-corrected chi connectivity index (χ4v) is 3.41. The molecule has 7 nitrogen and oxygen atoms in total. The lowest BCUT2D eigenvalue weighted by atomic mass is 10.4. The molecule has 1 aromatic carbocycles. The molecular weight excluding hydrogens is 326 g/mol. The predicted octanol–water partition coefficient (Wildman–Crippen LogP) is -0.404.